The molecule has 0 aliphatic carbocycles. The molecule has 14 heavy (non-hydrogen) atoms. The predicted octanol–water partition coefficient (Wildman–Crippen LogP) is 1.19. The third kappa shape index (κ3) is 1.17. The number of hydrogen-bond donors (Lipinski definition) is 1. The van der Waals surface area contributed by atoms with Crippen LogP contribution in [0, 0.1) is 11.8 Å². The zero-order chi connectivity index (χ0) is 9.54. The molecule has 0 radical (unpaired) electrons. The lowest BCUT2D eigenvalue weighted by Gasteiger charge is -2.23. The van der Waals surface area contributed by atoms with Gasteiger partial charge in [-0.05, 0) is 18.8 Å². The van der Waals surface area contributed by atoms with Gasteiger partial charge in [-0.25, -0.2) is 4.98 Å². The van der Waals surface area contributed by atoms with Gasteiger partial charge in [0.05, 0.1) is 0 Å². The van der Waals surface area contributed by atoms with Crippen molar-refractivity contribution in [2.45, 2.75) is 13.0 Å². The molecule has 1 aromatic rings. The first-order valence-corrected chi connectivity index (χ1v) is 6.11. The Bertz CT molecular complexity index is 311. The van der Waals surface area contributed by atoms with Crippen LogP contribution in [0.15, 0.2) is 11.6 Å². The van der Waals surface area contributed by atoms with Crippen LogP contribution in [0.25, 0.3) is 0 Å². The number of nitrogens with one attached hydrogen (secondary N) is 1. The minimum atomic E-state index is 0.654. The minimum absolute atomic E-state index is 0.654. The quantitative estimate of drug-likeness (QED) is 0.753. The second-order valence-corrected chi connectivity index (χ2v) is 5.16. The fourth-order valence-electron chi connectivity index (χ4n) is 2.78. The lowest BCUT2D eigenvalue weighted by molar-refractivity contribution is 0.471. The highest BCUT2D eigenvalue weighted by Gasteiger charge is 2.42. The molecular weight excluding hydrogens is 194 g/mol. The Labute approximate surface area is 88.1 Å². The van der Waals surface area contributed by atoms with Gasteiger partial charge < -0.3 is 10.2 Å². The first-order valence-electron chi connectivity index (χ1n) is 5.23. The smallest absolute Gasteiger partial charge is 0.185 e. The average Bonchev–Trinajstić information content (AvgIpc) is 2.84. The molecule has 2 aliphatic heterocycles. The summed E-state index contributed by atoms with van der Waals surface area (Å²) in [6.07, 6.45) is 1.90. The van der Waals surface area contributed by atoms with Crippen LogP contribution in [0.2, 0.25) is 0 Å². The summed E-state index contributed by atoms with van der Waals surface area (Å²) >= 11 is 1.76. The molecule has 1 aromatic heterocycles. The van der Waals surface area contributed by atoms with E-state index in [2.05, 4.69) is 27.5 Å². The first-order chi connectivity index (χ1) is 6.86. The first kappa shape index (κ1) is 8.68. The Balaban J connectivity index is 1.84. The molecule has 2 saturated heterocycles. The summed E-state index contributed by atoms with van der Waals surface area (Å²) in [7, 11) is 0. The van der Waals surface area contributed by atoms with E-state index in [1.807, 2.05) is 6.20 Å². The normalized spacial score (nSPS) is 36.4. The molecule has 2 aliphatic rings. The molecule has 3 atom stereocenters. The maximum absolute atomic E-state index is 4.40. The fraction of sp³-hybridized carbons (Fsp3) is 0.700. The third-order valence-corrected chi connectivity index (χ3v) is 4.41. The standard InChI is InChI=1S/C10H15N3S/c1-7-9-5-11-4-8(9)6-13(7)10-12-2-3-14-10/h2-3,7-9,11H,4-6H2,1H3. The van der Waals surface area contributed by atoms with Gasteiger partial charge in [-0.3, -0.25) is 0 Å². The van der Waals surface area contributed by atoms with Crippen LogP contribution in [0.1, 0.15) is 6.92 Å². The summed E-state index contributed by atoms with van der Waals surface area (Å²) in [6.45, 7) is 5.90. The van der Waals surface area contributed by atoms with E-state index in [9.17, 15) is 0 Å². The minimum Gasteiger partial charge on any atom is -0.345 e. The molecule has 0 bridgehead atoms. The lowest BCUT2D eigenvalue weighted by atomic mass is 9.95. The van der Waals surface area contributed by atoms with Crippen molar-refractivity contribution in [3.63, 3.8) is 0 Å². The van der Waals surface area contributed by atoms with E-state index in [1.165, 1.54) is 24.8 Å². The number of hydrogen-bond acceptors (Lipinski definition) is 4. The van der Waals surface area contributed by atoms with Gasteiger partial charge in [0.25, 0.3) is 0 Å². The van der Waals surface area contributed by atoms with Crippen molar-refractivity contribution in [2.75, 3.05) is 24.5 Å². The van der Waals surface area contributed by atoms with Gasteiger partial charge in [-0.2, -0.15) is 0 Å². The van der Waals surface area contributed by atoms with Crippen LogP contribution in [0.4, 0.5) is 5.13 Å². The van der Waals surface area contributed by atoms with Crippen molar-refractivity contribution >= 4 is 16.5 Å². The topological polar surface area (TPSA) is 28.2 Å². The monoisotopic (exact) mass is 209 g/mol. The van der Waals surface area contributed by atoms with Gasteiger partial charge >= 0.3 is 0 Å². The number of nitrogens with zero attached hydrogens (tertiary/aromatic N) is 2. The van der Waals surface area contributed by atoms with E-state index in [1.54, 1.807) is 11.3 Å². The van der Waals surface area contributed by atoms with Gasteiger partial charge in [-0.15, -0.1) is 11.3 Å². The van der Waals surface area contributed by atoms with Crippen molar-refractivity contribution in [2.24, 2.45) is 11.8 Å². The van der Waals surface area contributed by atoms with Crippen molar-refractivity contribution in [3.8, 4) is 0 Å². The number of aromatic nitrogens is 1. The zero-order valence-electron chi connectivity index (χ0n) is 8.31. The molecule has 0 amide bonds. The van der Waals surface area contributed by atoms with Gasteiger partial charge in [0.1, 0.15) is 0 Å². The molecule has 0 saturated carbocycles. The number of anilines is 1. The maximum atomic E-state index is 4.40. The molecule has 0 spiro atoms. The lowest BCUT2D eigenvalue weighted by Crippen LogP contribution is -2.32. The zero-order valence-corrected chi connectivity index (χ0v) is 9.13. The van der Waals surface area contributed by atoms with Gasteiger partial charge in [0.2, 0.25) is 0 Å². The molecule has 3 unspecified atom stereocenters. The van der Waals surface area contributed by atoms with E-state index in [-0.39, 0.29) is 0 Å². The van der Waals surface area contributed by atoms with E-state index in [0.717, 1.165) is 11.8 Å². The number of rotatable bonds is 1. The second kappa shape index (κ2) is 3.21. The highest BCUT2D eigenvalue weighted by atomic mass is 32.1. The van der Waals surface area contributed by atoms with E-state index < -0.39 is 0 Å². The van der Waals surface area contributed by atoms with E-state index in [4.69, 9.17) is 0 Å². The number of fused-ring (bicyclic) bond motifs is 1. The van der Waals surface area contributed by atoms with Gasteiger partial charge in [0, 0.05) is 37.3 Å². The number of thiazole rings is 1. The Morgan fingerprint density at radius 2 is 2.50 bits per heavy atom. The molecular formula is C10H15N3S. The van der Waals surface area contributed by atoms with Crippen molar-refractivity contribution in [1.29, 1.82) is 0 Å². The maximum Gasteiger partial charge on any atom is 0.185 e. The molecule has 76 valence electrons. The average molecular weight is 209 g/mol. The van der Waals surface area contributed by atoms with E-state index >= 15 is 0 Å². The van der Waals surface area contributed by atoms with E-state index in [0.29, 0.717) is 6.04 Å². The van der Waals surface area contributed by atoms with Crippen LogP contribution < -0.4 is 10.2 Å². The Hall–Kier alpha value is -0.610. The summed E-state index contributed by atoms with van der Waals surface area (Å²) < 4.78 is 0. The summed E-state index contributed by atoms with van der Waals surface area (Å²) in [5, 5.41) is 6.74. The molecule has 3 rings (SSSR count). The highest BCUT2D eigenvalue weighted by molar-refractivity contribution is 7.13. The predicted molar refractivity (Wildman–Crippen MR) is 58.8 cm³/mol. The summed E-state index contributed by atoms with van der Waals surface area (Å²) in [6, 6.07) is 0.654. The van der Waals surface area contributed by atoms with Gasteiger partial charge in [0.15, 0.2) is 5.13 Å². The molecule has 1 N–H and O–H groups in total. The summed E-state index contributed by atoms with van der Waals surface area (Å²) in [5.41, 5.74) is 0. The van der Waals surface area contributed by atoms with Crippen molar-refractivity contribution in [3.05, 3.63) is 11.6 Å². The largest absolute Gasteiger partial charge is 0.345 e. The van der Waals surface area contributed by atoms with Crippen LogP contribution in [0.3, 0.4) is 0 Å². The van der Waals surface area contributed by atoms with Crippen LogP contribution >= 0.6 is 11.3 Å². The van der Waals surface area contributed by atoms with Crippen LogP contribution in [-0.2, 0) is 0 Å². The molecule has 0 aromatic carbocycles. The molecule has 3 nitrogen and oxygen atoms in total. The Kier molecular flexibility index (Phi) is 1.99. The SMILES string of the molecule is CC1C2CNCC2CN1c1nccs1. The van der Waals surface area contributed by atoms with Crippen molar-refractivity contribution in [1.82, 2.24) is 10.3 Å². The second-order valence-electron chi connectivity index (χ2n) is 4.29. The molecule has 2 fully saturated rings. The Morgan fingerprint density at radius 3 is 3.21 bits per heavy atom. The fourth-order valence-corrected chi connectivity index (χ4v) is 3.52. The summed E-state index contributed by atoms with van der Waals surface area (Å²) in [4.78, 5) is 6.87. The third-order valence-electron chi connectivity index (χ3n) is 3.60. The van der Waals surface area contributed by atoms with Gasteiger partial charge in [-0.1, -0.05) is 0 Å². The molecule has 4 heteroatoms. The Morgan fingerprint density at radius 1 is 1.57 bits per heavy atom. The summed E-state index contributed by atoms with van der Waals surface area (Å²) in [5.74, 6) is 1.67. The van der Waals surface area contributed by atoms with Crippen LogP contribution in [0.5, 0.6) is 0 Å². The molecule has 3 heterocycles. The highest BCUT2D eigenvalue weighted by Crippen LogP contribution is 2.36. The van der Waals surface area contributed by atoms with Crippen LogP contribution in [-0.4, -0.2) is 30.7 Å². The van der Waals surface area contributed by atoms with Crippen molar-refractivity contribution < 1.29 is 0 Å².